The van der Waals surface area contributed by atoms with Gasteiger partial charge in [0.1, 0.15) is 29.9 Å². The third-order valence-corrected chi connectivity index (χ3v) is 4.60. The second kappa shape index (κ2) is 11.6. The van der Waals surface area contributed by atoms with Crippen LogP contribution in [-0.4, -0.2) is 28.6 Å². The monoisotopic (exact) mass is 526 g/mol. The molecule has 33 heavy (non-hydrogen) atoms. The lowest BCUT2D eigenvalue weighted by atomic mass is 9.85. The first-order valence-electron chi connectivity index (χ1n) is 9.34. The van der Waals surface area contributed by atoms with Crippen molar-refractivity contribution in [3.8, 4) is 0 Å². The first kappa shape index (κ1) is 26.1. The maximum absolute atomic E-state index is 14.5. The zero-order chi connectivity index (χ0) is 24.6. The number of alkyl halides is 1. The van der Waals surface area contributed by atoms with Crippen LogP contribution in [0.2, 0.25) is 0 Å². The molecule has 174 valence electrons. The molecule has 9 heteroatoms. The van der Waals surface area contributed by atoms with E-state index in [9.17, 15) is 32.6 Å². The molecule has 0 atom stereocenters. The van der Waals surface area contributed by atoms with Crippen molar-refractivity contribution in [1.82, 2.24) is 0 Å². The molecule has 0 bridgehead atoms. The largest absolute Gasteiger partial charge is 0.515 e. The Labute approximate surface area is 195 Å². The molecule has 2 N–H and O–H groups in total. The average Bonchev–Trinajstić information content (AvgIpc) is 2.81. The molecule has 0 aliphatic rings. The molecule has 0 saturated carbocycles. The number of hydrogen-bond acceptors (Lipinski definition) is 4. The van der Waals surface area contributed by atoms with Gasteiger partial charge < -0.3 is 14.9 Å². The van der Waals surface area contributed by atoms with E-state index >= 15 is 0 Å². The van der Waals surface area contributed by atoms with E-state index in [1.54, 1.807) is 30.3 Å². The molecule has 3 rings (SSSR count). The lowest BCUT2D eigenvalue weighted by Crippen LogP contribution is -2.40. The molecular formula is C24H19BrF4O4. The summed E-state index contributed by atoms with van der Waals surface area (Å²) in [4.78, 5) is 12.9. The predicted molar refractivity (Wildman–Crippen MR) is 119 cm³/mol. The Morgan fingerprint density at radius 1 is 0.909 bits per heavy atom. The highest BCUT2D eigenvalue weighted by atomic mass is 79.9. The van der Waals surface area contributed by atoms with Gasteiger partial charge in [0, 0.05) is 28.8 Å². The summed E-state index contributed by atoms with van der Waals surface area (Å²) < 4.78 is 60.7. The maximum atomic E-state index is 14.5. The number of aliphatic hydroxyl groups is 2. The minimum absolute atomic E-state index is 0.135. The molecule has 0 heterocycles. The summed E-state index contributed by atoms with van der Waals surface area (Å²) in [7, 11) is 0. The van der Waals surface area contributed by atoms with Crippen LogP contribution in [0.4, 0.5) is 17.6 Å². The molecule has 4 nitrogen and oxygen atoms in total. The van der Waals surface area contributed by atoms with Crippen molar-refractivity contribution in [2.24, 2.45) is 0 Å². The van der Waals surface area contributed by atoms with Crippen molar-refractivity contribution in [1.29, 1.82) is 0 Å². The summed E-state index contributed by atoms with van der Waals surface area (Å²) in [5.41, 5.74) is -4.03. The van der Waals surface area contributed by atoms with Crippen molar-refractivity contribution in [3.63, 3.8) is 0 Å². The Morgan fingerprint density at radius 2 is 1.39 bits per heavy atom. The first-order chi connectivity index (χ1) is 15.8. The highest BCUT2D eigenvalue weighted by Gasteiger charge is 2.46. The van der Waals surface area contributed by atoms with E-state index in [2.05, 4.69) is 15.9 Å². The van der Waals surface area contributed by atoms with Crippen LogP contribution in [-0.2, 0) is 15.1 Å². The molecule has 0 spiro atoms. The molecule has 0 aliphatic carbocycles. The van der Waals surface area contributed by atoms with Gasteiger partial charge in [-0.25, -0.2) is 22.4 Å². The summed E-state index contributed by atoms with van der Waals surface area (Å²) in [6.07, 6.45) is 0.679. The fourth-order valence-corrected chi connectivity index (χ4v) is 3.03. The molecule has 0 aliphatic heterocycles. The number of rotatable bonds is 6. The van der Waals surface area contributed by atoms with Crippen LogP contribution in [0.5, 0.6) is 0 Å². The van der Waals surface area contributed by atoms with Crippen LogP contribution < -0.4 is 0 Å². The van der Waals surface area contributed by atoms with E-state index in [1.165, 1.54) is 0 Å². The van der Waals surface area contributed by atoms with Gasteiger partial charge in [0.25, 0.3) is 0 Å². The standard InChI is InChI=1S/C23H16F4O4.CH3Br/c24-16-6-8-18(20(26)10-16)23(30,19-9-7-17(25)11-21(19)27)22(29)31-13-15(12-28)14-4-2-1-3-5-14;1-2/h1-12,28,30H,13H2;1H3. The molecule has 3 aromatic carbocycles. The topological polar surface area (TPSA) is 66.8 Å². The van der Waals surface area contributed by atoms with Crippen LogP contribution in [0.1, 0.15) is 16.7 Å². The van der Waals surface area contributed by atoms with E-state index in [1.807, 2.05) is 5.83 Å². The number of benzene rings is 3. The minimum atomic E-state index is -3.06. The lowest BCUT2D eigenvalue weighted by molar-refractivity contribution is -0.161. The molecule has 0 fully saturated rings. The summed E-state index contributed by atoms with van der Waals surface area (Å²) in [5.74, 6) is -4.38. The highest BCUT2D eigenvalue weighted by Crippen LogP contribution is 2.35. The lowest BCUT2D eigenvalue weighted by Gasteiger charge is -2.28. The fraction of sp³-hybridized carbons (Fsp3) is 0.125. The Kier molecular flexibility index (Phi) is 9.19. The number of ether oxygens (including phenoxy) is 1. The number of aliphatic hydroxyl groups excluding tert-OH is 1. The van der Waals surface area contributed by atoms with Gasteiger partial charge in [-0.1, -0.05) is 46.3 Å². The van der Waals surface area contributed by atoms with Crippen molar-refractivity contribution in [2.75, 3.05) is 12.4 Å². The zero-order valence-electron chi connectivity index (χ0n) is 17.2. The van der Waals surface area contributed by atoms with Gasteiger partial charge in [0.2, 0.25) is 5.60 Å². The SMILES string of the molecule is CBr.O=C(OCC(=CO)c1ccccc1)C(O)(c1ccc(F)cc1F)c1ccc(F)cc1F. The van der Waals surface area contributed by atoms with Gasteiger partial charge >= 0.3 is 5.97 Å². The van der Waals surface area contributed by atoms with Gasteiger partial charge in [-0.15, -0.1) is 0 Å². The predicted octanol–water partition coefficient (Wildman–Crippen LogP) is 5.63. The third kappa shape index (κ3) is 5.80. The Bertz CT molecular complexity index is 1090. The molecule has 0 amide bonds. The summed E-state index contributed by atoms with van der Waals surface area (Å²) >= 11 is 2.94. The quantitative estimate of drug-likeness (QED) is 0.189. The Morgan fingerprint density at radius 3 is 1.82 bits per heavy atom. The highest BCUT2D eigenvalue weighted by molar-refractivity contribution is 9.08. The van der Waals surface area contributed by atoms with Crippen LogP contribution in [0.3, 0.4) is 0 Å². The van der Waals surface area contributed by atoms with Crippen LogP contribution in [0, 0.1) is 23.3 Å². The van der Waals surface area contributed by atoms with Crippen molar-refractivity contribution in [3.05, 3.63) is 113 Å². The van der Waals surface area contributed by atoms with E-state index in [0.29, 0.717) is 24.0 Å². The number of halogens is 5. The van der Waals surface area contributed by atoms with Gasteiger partial charge in [-0.2, -0.15) is 0 Å². The molecular weight excluding hydrogens is 508 g/mol. The van der Waals surface area contributed by atoms with E-state index in [4.69, 9.17) is 4.74 Å². The van der Waals surface area contributed by atoms with Crippen LogP contribution in [0.15, 0.2) is 73.0 Å². The van der Waals surface area contributed by atoms with Crippen molar-refractivity contribution < 1.29 is 37.3 Å². The van der Waals surface area contributed by atoms with Crippen LogP contribution in [0.25, 0.3) is 5.57 Å². The smallest absolute Gasteiger partial charge is 0.348 e. The first-order valence-corrected chi connectivity index (χ1v) is 10.9. The number of carbonyl (C=O) groups excluding carboxylic acids is 1. The number of hydrogen-bond donors (Lipinski definition) is 2. The van der Waals surface area contributed by atoms with E-state index < -0.39 is 52.6 Å². The third-order valence-electron chi connectivity index (χ3n) is 4.60. The fourth-order valence-electron chi connectivity index (χ4n) is 3.03. The zero-order valence-corrected chi connectivity index (χ0v) is 18.8. The maximum Gasteiger partial charge on any atom is 0.348 e. The Balaban J connectivity index is 0.00000187. The molecule has 0 saturated heterocycles. The molecule has 0 radical (unpaired) electrons. The van der Waals surface area contributed by atoms with E-state index in [0.717, 1.165) is 24.3 Å². The number of esters is 1. The second-order valence-electron chi connectivity index (χ2n) is 6.56. The van der Waals surface area contributed by atoms with Crippen LogP contribution >= 0.6 is 15.9 Å². The van der Waals surface area contributed by atoms with Gasteiger partial charge in [0.05, 0.1) is 6.26 Å². The van der Waals surface area contributed by atoms with E-state index in [-0.39, 0.29) is 5.57 Å². The normalized spacial score (nSPS) is 11.4. The van der Waals surface area contributed by atoms with Gasteiger partial charge in [0.15, 0.2) is 0 Å². The van der Waals surface area contributed by atoms with Gasteiger partial charge in [-0.3, -0.25) is 0 Å². The average molecular weight is 527 g/mol. The van der Waals surface area contributed by atoms with Gasteiger partial charge in [-0.05, 0) is 35.7 Å². The molecule has 0 aromatic heterocycles. The van der Waals surface area contributed by atoms with Crippen molar-refractivity contribution >= 4 is 27.5 Å². The summed E-state index contributed by atoms with van der Waals surface area (Å²) in [5, 5.41) is 20.6. The summed E-state index contributed by atoms with van der Waals surface area (Å²) in [6.45, 7) is -0.562. The van der Waals surface area contributed by atoms with Crippen molar-refractivity contribution in [2.45, 2.75) is 5.60 Å². The molecule has 3 aromatic rings. The Hall–Kier alpha value is -3.17. The molecule has 0 unspecified atom stereocenters. The minimum Gasteiger partial charge on any atom is -0.515 e. The number of carbonyl (C=O) groups is 1. The summed E-state index contributed by atoms with van der Waals surface area (Å²) in [6, 6.07) is 12.1. The second-order valence-corrected chi connectivity index (χ2v) is 6.56.